The molecule has 0 saturated carbocycles. The number of nitrogens with one attached hydrogen (secondary N) is 1. The molecule has 25 heavy (non-hydrogen) atoms. The second-order valence-corrected chi connectivity index (χ2v) is 6.70. The number of nitriles is 1. The molecule has 3 rings (SSSR count). The first-order chi connectivity index (χ1) is 12.0. The maximum absolute atomic E-state index is 12.2. The lowest BCUT2D eigenvalue weighted by Crippen LogP contribution is -2.20. The number of hydrogen-bond donors (Lipinski definition) is 1. The lowest BCUT2D eigenvalue weighted by atomic mass is 10.1. The zero-order valence-electron chi connectivity index (χ0n) is 12.8. The van der Waals surface area contributed by atoms with E-state index in [0.717, 1.165) is 5.56 Å². The zero-order chi connectivity index (χ0) is 17.8. The Morgan fingerprint density at radius 3 is 2.68 bits per heavy atom. The summed E-state index contributed by atoms with van der Waals surface area (Å²) < 4.78 is 0.929. The molecule has 0 unspecified atom stereocenters. The number of thiazole rings is 1. The zero-order valence-corrected chi connectivity index (χ0v) is 14.4. The van der Waals surface area contributed by atoms with Crippen LogP contribution in [0, 0.1) is 11.3 Å². The van der Waals surface area contributed by atoms with Crippen LogP contribution in [-0.2, 0) is 0 Å². The predicted molar refractivity (Wildman–Crippen MR) is 99.2 cm³/mol. The number of aromatic amines is 1. The van der Waals surface area contributed by atoms with E-state index >= 15 is 0 Å². The summed E-state index contributed by atoms with van der Waals surface area (Å²) in [6.07, 6.45) is 3.08. The van der Waals surface area contributed by atoms with Crippen LogP contribution in [0.1, 0.15) is 21.5 Å². The van der Waals surface area contributed by atoms with E-state index in [-0.39, 0.29) is 11.3 Å². The van der Waals surface area contributed by atoms with E-state index in [1.165, 1.54) is 17.4 Å². The summed E-state index contributed by atoms with van der Waals surface area (Å²) in [5.41, 5.74) is 1.49. The minimum atomic E-state index is -0.275. The molecular weight excluding hydrogens is 356 g/mol. The first kappa shape index (κ1) is 16.9. The van der Waals surface area contributed by atoms with Crippen LogP contribution < -0.4 is 14.8 Å². The van der Waals surface area contributed by atoms with Crippen molar-refractivity contribution in [2.45, 2.75) is 0 Å². The SMILES string of the molecule is N#Cc1cccc(/C=c2/s/c(=C\C(=O)c3ccc(Cl)cc3)[nH]c2=O)c1. The van der Waals surface area contributed by atoms with Crippen LogP contribution in [0.2, 0.25) is 5.02 Å². The fourth-order valence-corrected chi connectivity index (χ4v) is 3.20. The lowest BCUT2D eigenvalue weighted by molar-refractivity contribution is 0.106. The Balaban J connectivity index is 1.98. The predicted octanol–water partition coefficient (Wildman–Crippen LogP) is 2.45. The number of hydrogen-bond acceptors (Lipinski definition) is 4. The van der Waals surface area contributed by atoms with Crippen molar-refractivity contribution in [1.82, 2.24) is 4.98 Å². The van der Waals surface area contributed by atoms with Gasteiger partial charge >= 0.3 is 0 Å². The fourth-order valence-electron chi connectivity index (χ4n) is 2.19. The van der Waals surface area contributed by atoms with Crippen LogP contribution in [0.15, 0.2) is 53.3 Å². The number of rotatable bonds is 3. The quantitative estimate of drug-likeness (QED) is 0.723. The van der Waals surface area contributed by atoms with Crippen molar-refractivity contribution in [3.05, 3.63) is 89.8 Å². The molecule has 1 N–H and O–H groups in total. The van der Waals surface area contributed by atoms with Gasteiger partial charge in [0.2, 0.25) is 0 Å². The third-order valence-electron chi connectivity index (χ3n) is 3.38. The van der Waals surface area contributed by atoms with E-state index in [0.29, 0.717) is 25.3 Å². The first-order valence-electron chi connectivity index (χ1n) is 7.28. The highest BCUT2D eigenvalue weighted by Gasteiger charge is 2.03. The molecule has 0 atom stereocenters. The third kappa shape index (κ3) is 4.13. The summed E-state index contributed by atoms with van der Waals surface area (Å²) in [7, 11) is 0. The van der Waals surface area contributed by atoms with Crippen molar-refractivity contribution in [3.8, 4) is 6.07 Å². The molecule has 6 heteroatoms. The van der Waals surface area contributed by atoms with Crippen molar-refractivity contribution >= 4 is 40.9 Å². The smallest absolute Gasteiger partial charge is 0.266 e. The molecule has 0 fully saturated rings. The molecule has 0 radical (unpaired) electrons. The number of carbonyl (C=O) groups excluding carboxylic acids is 1. The van der Waals surface area contributed by atoms with E-state index < -0.39 is 0 Å². The van der Waals surface area contributed by atoms with Gasteiger partial charge in [0.1, 0.15) is 0 Å². The van der Waals surface area contributed by atoms with E-state index in [2.05, 4.69) is 11.1 Å². The molecule has 0 aliphatic rings. The largest absolute Gasteiger partial charge is 0.313 e. The third-order valence-corrected chi connectivity index (χ3v) is 4.60. The lowest BCUT2D eigenvalue weighted by Gasteiger charge is -1.94. The maximum atomic E-state index is 12.2. The molecule has 4 nitrogen and oxygen atoms in total. The minimum Gasteiger partial charge on any atom is -0.313 e. The van der Waals surface area contributed by atoms with Crippen LogP contribution in [0.25, 0.3) is 12.2 Å². The number of halogens is 1. The van der Waals surface area contributed by atoms with Gasteiger partial charge in [-0.05, 0) is 48.0 Å². The molecule has 0 saturated heterocycles. The minimum absolute atomic E-state index is 0.216. The number of H-pyrrole nitrogens is 1. The number of Topliss-reactive ketones (excluding diaryl/α,β-unsaturated/α-hetero) is 1. The summed E-state index contributed by atoms with van der Waals surface area (Å²) in [5.74, 6) is -0.216. The van der Waals surface area contributed by atoms with Gasteiger partial charge in [-0.15, -0.1) is 11.3 Å². The van der Waals surface area contributed by atoms with Crippen LogP contribution in [0.3, 0.4) is 0 Å². The summed E-state index contributed by atoms with van der Waals surface area (Å²) in [4.78, 5) is 27.0. The molecule has 0 aliphatic heterocycles. The summed E-state index contributed by atoms with van der Waals surface area (Å²) in [6, 6.07) is 15.6. The van der Waals surface area contributed by atoms with Crippen molar-refractivity contribution < 1.29 is 4.79 Å². The Morgan fingerprint density at radius 1 is 1.20 bits per heavy atom. The van der Waals surface area contributed by atoms with E-state index in [9.17, 15) is 9.59 Å². The normalized spacial score (nSPS) is 12.2. The van der Waals surface area contributed by atoms with Crippen molar-refractivity contribution in [2.75, 3.05) is 0 Å². The molecule has 1 heterocycles. The molecule has 3 aromatic rings. The monoisotopic (exact) mass is 366 g/mol. The topological polar surface area (TPSA) is 73.7 Å². The highest BCUT2D eigenvalue weighted by atomic mass is 35.5. The number of benzene rings is 2. The number of nitrogens with zero attached hydrogens (tertiary/aromatic N) is 1. The van der Waals surface area contributed by atoms with E-state index in [1.807, 2.05) is 6.07 Å². The van der Waals surface area contributed by atoms with Gasteiger partial charge in [-0.3, -0.25) is 9.59 Å². The summed E-state index contributed by atoms with van der Waals surface area (Å²) in [5, 5.41) is 9.48. The molecule has 0 amide bonds. The Labute approximate surface area is 152 Å². The second-order valence-electron chi connectivity index (χ2n) is 5.18. The number of aromatic nitrogens is 1. The molecule has 0 aliphatic carbocycles. The number of ketones is 1. The molecule has 0 bridgehead atoms. The first-order valence-corrected chi connectivity index (χ1v) is 8.47. The van der Waals surface area contributed by atoms with Crippen LogP contribution >= 0.6 is 22.9 Å². The molecule has 122 valence electrons. The summed E-state index contributed by atoms with van der Waals surface area (Å²) in [6.45, 7) is 0. The fraction of sp³-hybridized carbons (Fsp3) is 0. The Kier molecular flexibility index (Phi) is 4.94. The van der Waals surface area contributed by atoms with Gasteiger partial charge in [-0.1, -0.05) is 23.7 Å². The average Bonchev–Trinajstić information content (AvgIpc) is 2.94. The average molecular weight is 367 g/mol. The van der Waals surface area contributed by atoms with Crippen molar-refractivity contribution in [2.24, 2.45) is 0 Å². The van der Waals surface area contributed by atoms with Gasteiger partial charge in [0.05, 0.1) is 20.8 Å². The van der Waals surface area contributed by atoms with Gasteiger partial charge in [-0.25, -0.2) is 0 Å². The Bertz CT molecular complexity index is 1150. The maximum Gasteiger partial charge on any atom is 0.266 e. The van der Waals surface area contributed by atoms with Crippen LogP contribution in [-0.4, -0.2) is 10.8 Å². The molecule has 1 aromatic heterocycles. The van der Waals surface area contributed by atoms with Gasteiger partial charge < -0.3 is 4.98 Å². The van der Waals surface area contributed by atoms with Crippen LogP contribution in [0.4, 0.5) is 0 Å². The van der Waals surface area contributed by atoms with E-state index in [1.54, 1.807) is 48.5 Å². The van der Waals surface area contributed by atoms with E-state index in [4.69, 9.17) is 16.9 Å². The Hall–Kier alpha value is -2.94. The van der Waals surface area contributed by atoms with Crippen molar-refractivity contribution in [3.63, 3.8) is 0 Å². The van der Waals surface area contributed by atoms with Gasteiger partial charge in [0.25, 0.3) is 5.56 Å². The van der Waals surface area contributed by atoms with Crippen LogP contribution in [0.5, 0.6) is 0 Å². The molecule has 0 spiro atoms. The van der Waals surface area contributed by atoms with Gasteiger partial charge in [-0.2, -0.15) is 5.26 Å². The van der Waals surface area contributed by atoms with Gasteiger partial charge in [0.15, 0.2) is 5.78 Å². The number of carbonyl (C=O) groups is 1. The van der Waals surface area contributed by atoms with Crippen molar-refractivity contribution in [1.29, 1.82) is 5.26 Å². The summed E-state index contributed by atoms with van der Waals surface area (Å²) >= 11 is 6.99. The Morgan fingerprint density at radius 2 is 1.96 bits per heavy atom. The highest BCUT2D eigenvalue weighted by Crippen LogP contribution is 2.10. The standard InChI is InChI=1S/C19H11ClN2O2S/c20-15-6-4-14(5-7-15)16(23)10-18-22-19(24)17(25-18)9-12-2-1-3-13(8-12)11-21/h1-10H,(H,22,24)/b17-9+,18-10-. The molecule has 2 aromatic carbocycles. The second kappa shape index (κ2) is 7.31. The highest BCUT2D eigenvalue weighted by molar-refractivity contribution is 7.07. The molecular formula is C19H11ClN2O2S. The van der Waals surface area contributed by atoms with Gasteiger partial charge in [0, 0.05) is 16.7 Å².